The van der Waals surface area contributed by atoms with E-state index in [-0.39, 0.29) is 42.2 Å². The molecule has 0 aromatic heterocycles. The van der Waals surface area contributed by atoms with Crippen molar-refractivity contribution in [3.05, 3.63) is 12.2 Å². The monoisotopic (exact) mass is 335 g/mol. The van der Waals surface area contributed by atoms with Crippen LogP contribution in [-0.4, -0.2) is 49.0 Å². The standard InChI is InChI=1S/C18H25NO5/c1-2-23-17(21)13-5-7-19(8-6-13)16(20)11-24-18(22)15-10-12-3-4-14(15)9-12/h3-4,12-15H,2,5-11H2,1H3. The molecule has 2 fully saturated rings. The van der Waals surface area contributed by atoms with Crippen LogP contribution in [0.3, 0.4) is 0 Å². The summed E-state index contributed by atoms with van der Waals surface area (Å²) < 4.78 is 10.3. The number of nitrogens with zero attached hydrogens (tertiary/aromatic N) is 1. The van der Waals surface area contributed by atoms with Gasteiger partial charge in [0.15, 0.2) is 6.61 Å². The lowest BCUT2D eigenvalue weighted by atomic mass is 9.94. The van der Waals surface area contributed by atoms with Crippen LogP contribution in [0.5, 0.6) is 0 Å². The highest BCUT2D eigenvalue weighted by molar-refractivity contribution is 5.82. The highest BCUT2D eigenvalue weighted by Crippen LogP contribution is 2.43. The molecule has 2 aliphatic carbocycles. The molecule has 3 aliphatic rings. The molecule has 0 aromatic rings. The molecule has 1 amide bonds. The zero-order valence-corrected chi connectivity index (χ0v) is 14.1. The molecule has 6 heteroatoms. The van der Waals surface area contributed by atoms with Gasteiger partial charge in [0, 0.05) is 13.1 Å². The topological polar surface area (TPSA) is 72.9 Å². The molecule has 2 bridgehead atoms. The molecule has 3 atom stereocenters. The summed E-state index contributed by atoms with van der Waals surface area (Å²) >= 11 is 0. The number of hydrogen-bond donors (Lipinski definition) is 0. The predicted molar refractivity (Wildman–Crippen MR) is 85.7 cm³/mol. The second-order valence-electron chi connectivity index (χ2n) is 6.90. The molecular formula is C18H25NO5. The Kier molecular flexibility index (Phi) is 5.21. The fraction of sp³-hybridized carbons (Fsp3) is 0.722. The fourth-order valence-electron chi connectivity index (χ4n) is 4.01. The fourth-order valence-corrected chi connectivity index (χ4v) is 4.01. The SMILES string of the molecule is CCOC(=O)C1CCN(C(=O)COC(=O)C2CC3C=CC2C3)CC1. The Labute approximate surface area is 142 Å². The van der Waals surface area contributed by atoms with Crippen molar-refractivity contribution < 1.29 is 23.9 Å². The van der Waals surface area contributed by atoms with Crippen molar-refractivity contribution in [3.8, 4) is 0 Å². The Morgan fingerprint density at radius 2 is 1.79 bits per heavy atom. The summed E-state index contributed by atoms with van der Waals surface area (Å²) in [5, 5.41) is 0. The summed E-state index contributed by atoms with van der Waals surface area (Å²) in [6.45, 7) is 3.00. The summed E-state index contributed by atoms with van der Waals surface area (Å²) in [5.74, 6) is -0.0193. The van der Waals surface area contributed by atoms with Gasteiger partial charge in [0.25, 0.3) is 5.91 Å². The van der Waals surface area contributed by atoms with Crippen molar-refractivity contribution in [2.45, 2.75) is 32.6 Å². The second-order valence-corrected chi connectivity index (χ2v) is 6.90. The van der Waals surface area contributed by atoms with Crippen LogP contribution in [0.25, 0.3) is 0 Å². The molecule has 1 aliphatic heterocycles. The van der Waals surface area contributed by atoms with Crippen molar-refractivity contribution >= 4 is 17.8 Å². The number of ether oxygens (including phenoxy) is 2. The van der Waals surface area contributed by atoms with Crippen molar-refractivity contribution in [1.82, 2.24) is 4.90 Å². The molecule has 1 heterocycles. The van der Waals surface area contributed by atoms with E-state index in [0.29, 0.717) is 38.5 Å². The van der Waals surface area contributed by atoms with Crippen molar-refractivity contribution in [1.29, 1.82) is 0 Å². The van der Waals surface area contributed by atoms with E-state index in [1.807, 2.05) is 0 Å². The smallest absolute Gasteiger partial charge is 0.310 e. The normalized spacial score (nSPS) is 28.9. The maximum atomic E-state index is 12.2. The first-order valence-corrected chi connectivity index (χ1v) is 8.87. The molecule has 6 nitrogen and oxygen atoms in total. The molecule has 1 saturated heterocycles. The van der Waals surface area contributed by atoms with Gasteiger partial charge in [-0.15, -0.1) is 0 Å². The van der Waals surface area contributed by atoms with Gasteiger partial charge in [0.05, 0.1) is 18.4 Å². The molecule has 3 rings (SSSR count). The number of carbonyl (C=O) groups excluding carboxylic acids is 3. The van der Waals surface area contributed by atoms with Gasteiger partial charge in [-0.3, -0.25) is 14.4 Å². The van der Waals surface area contributed by atoms with Crippen LogP contribution >= 0.6 is 0 Å². The van der Waals surface area contributed by atoms with E-state index < -0.39 is 0 Å². The van der Waals surface area contributed by atoms with Gasteiger partial charge in [-0.1, -0.05) is 12.2 Å². The molecule has 1 saturated carbocycles. The molecule has 0 spiro atoms. The van der Waals surface area contributed by atoms with Gasteiger partial charge in [-0.2, -0.15) is 0 Å². The minimum absolute atomic E-state index is 0.0812. The number of amides is 1. The minimum Gasteiger partial charge on any atom is -0.466 e. The number of fused-ring (bicyclic) bond motifs is 2. The molecule has 3 unspecified atom stereocenters. The molecule has 24 heavy (non-hydrogen) atoms. The van der Waals surface area contributed by atoms with Gasteiger partial charge in [0.2, 0.25) is 0 Å². The highest BCUT2D eigenvalue weighted by atomic mass is 16.5. The third kappa shape index (κ3) is 3.62. The Bertz CT molecular complexity index is 536. The van der Waals surface area contributed by atoms with Gasteiger partial charge >= 0.3 is 11.9 Å². The quantitative estimate of drug-likeness (QED) is 0.563. The summed E-state index contributed by atoms with van der Waals surface area (Å²) in [5.41, 5.74) is 0. The first kappa shape index (κ1) is 17.0. The van der Waals surface area contributed by atoms with Crippen LogP contribution in [0, 0.1) is 23.7 Å². The molecular weight excluding hydrogens is 310 g/mol. The first-order valence-electron chi connectivity index (χ1n) is 8.87. The van der Waals surface area contributed by atoms with Crippen LogP contribution < -0.4 is 0 Å². The minimum atomic E-state index is -0.249. The van der Waals surface area contributed by atoms with E-state index in [0.717, 1.165) is 12.8 Å². The maximum absolute atomic E-state index is 12.2. The molecule has 132 valence electrons. The van der Waals surface area contributed by atoms with E-state index in [1.165, 1.54) is 0 Å². The van der Waals surface area contributed by atoms with Crippen LogP contribution in [0.2, 0.25) is 0 Å². The Balaban J connectivity index is 1.39. The van der Waals surface area contributed by atoms with Gasteiger partial charge in [0.1, 0.15) is 0 Å². The third-order valence-corrected chi connectivity index (χ3v) is 5.39. The first-order chi connectivity index (χ1) is 11.6. The van der Waals surface area contributed by atoms with Gasteiger partial charge in [-0.05, 0) is 44.4 Å². The number of piperidine rings is 1. The zero-order chi connectivity index (χ0) is 17.1. The number of hydrogen-bond acceptors (Lipinski definition) is 5. The van der Waals surface area contributed by atoms with Crippen LogP contribution in [0.1, 0.15) is 32.6 Å². The highest BCUT2D eigenvalue weighted by Gasteiger charge is 2.41. The van der Waals surface area contributed by atoms with Gasteiger partial charge in [-0.25, -0.2) is 0 Å². The lowest BCUT2D eigenvalue weighted by Gasteiger charge is -2.30. The van der Waals surface area contributed by atoms with Crippen LogP contribution in [0.4, 0.5) is 0 Å². The Morgan fingerprint density at radius 3 is 2.38 bits per heavy atom. The average molecular weight is 335 g/mol. The summed E-state index contributed by atoms with van der Waals surface area (Å²) in [4.78, 5) is 37.7. The van der Waals surface area contributed by atoms with Crippen LogP contribution in [-0.2, 0) is 23.9 Å². The largest absolute Gasteiger partial charge is 0.466 e. The van der Waals surface area contributed by atoms with E-state index in [1.54, 1.807) is 11.8 Å². The predicted octanol–water partition coefficient (Wildman–Crippen LogP) is 1.54. The number of allylic oxidation sites excluding steroid dienone is 2. The van der Waals surface area contributed by atoms with Crippen LogP contribution in [0.15, 0.2) is 12.2 Å². The second kappa shape index (κ2) is 7.36. The van der Waals surface area contributed by atoms with E-state index >= 15 is 0 Å². The molecule has 0 radical (unpaired) electrons. The lowest BCUT2D eigenvalue weighted by molar-refractivity contribution is -0.157. The lowest BCUT2D eigenvalue weighted by Crippen LogP contribution is -2.42. The maximum Gasteiger partial charge on any atom is 0.310 e. The van der Waals surface area contributed by atoms with Crippen molar-refractivity contribution in [3.63, 3.8) is 0 Å². The number of likely N-dealkylation sites (tertiary alicyclic amines) is 1. The van der Waals surface area contributed by atoms with E-state index in [2.05, 4.69) is 12.2 Å². The van der Waals surface area contributed by atoms with Crippen molar-refractivity contribution in [2.24, 2.45) is 23.7 Å². The van der Waals surface area contributed by atoms with E-state index in [9.17, 15) is 14.4 Å². The average Bonchev–Trinajstić information content (AvgIpc) is 3.23. The Morgan fingerprint density at radius 1 is 1.04 bits per heavy atom. The van der Waals surface area contributed by atoms with E-state index in [4.69, 9.17) is 9.47 Å². The molecule has 0 N–H and O–H groups in total. The Hall–Kier alpha value is -1.85. The number of rotatable bonds is 5. The third-order valence-electron chi connectivity index (χ3n) is 5.39. The van der Waals surface area contributed by atoms with Gasteiger partial charge < -0.3 is 14.4 Å². The number of esters is 2. The summed E-state index contributed by atoms with van der Waals surface area (Å²) in [6.07, 6.45) is 7.37. The molecule has 0 aromatic carbocycles. The summed E-state index contributed by atoms with van der Waals surface area (Å²) in [7, 11) is 0. The summed E-state index contributed by atoms with van der Waals surface area (Å²) in [6, 6.07) is 0. The number of carbonyl (C=O) groups is 3. The zero-order valence-electron chi connectivity index (χ0n) is 14.1. The van der Waals surface area contributed by atoms with Crippen molar-refractivity contribution in [2.75, 3.05) is 26.3 Å².